The zero-order valence-corrected chi connectivity index (χ0v) is 10.5. The summed E-state index contributed by atoms with van der Waals surface area (Å²) in [5.74, 6) is 1.00. The van der Waals surface area contributed by atoms with Crippen LogP contribution >= 0.6 is 15.9 Å². The van der Waals surface area contributed by atoms with Gasteiger partial charge in [-0.1, -0.05) is 28.1 Å². The van der Waals surface area contributed by atoms with Crippen molar-refractivity contribution in [3.8, 4) is 0 Å². The summed E-state index contributed by atoms with van der Waals surface area (Å²) in [5.41, 5.74) is 1.17. The van der Waals surface area contributed by atoms with E-state index in [9.17, 15) is 10.2 Å². The number of aliphatic hydroxyl groups excluding tert-OH is 1. The molecule has 3 atom stereocenters. The van der Waals surface area contributed by atoms with Gasteiger partial charge in [-0.05, 0) is 48.8 Å². The first kappa shape index (κ1) is 10.8. The average Bonchev–Trinajstić information content (AvgIpc) is 2.89. The summed E-state index contributed by atoms with van der Waals surface area (Å²) in [6, 6.07) is 8.42. The molecule has 1 unspecified atom stereocenters. The molecule has 86 valence electrons. The second-order valence-corrected chi connectivity index (χ2v) is 6.03. The highest BCUT2D eigenvalue weighted by Gasteiger charge is 2.65. The van der Waals surface area contributed by atoms with Gasteiger partial charge in [-0.25, -0.2) is 0 Å². The Kier molecular flexibility index (Phi) is 2.39. The summed E-state index contributed by atoms with van der Waals surface area (Å²) in [7, 11) is 0. The van der Waals surface area contributed by atoms with E-state index in [1.165, 1.54) is 5.56 Å². The number of fused-ring (bicyclic) bond motifs is 1. The molecule has 0 aliphatic heterocycles. The van der Waals surface area contributed by atoms with Gasteiger partial charge in [-0.2, -0.15) is 0 Å². The first-order valence-corrected chi connectivity index (χ1v) is 6.54. The predicted octanol–water partition coefficient (Wildman–Crippen LogP) is 2.64. The number of benzene rings is 1. The Morgan fingerprint density at radius 1 is 1.25 bits per heavy atom. The first-order valence-electron chi connectivity index (χ1n) is 5.75. The van der Waals surface area contributed by atoms with Gasteiger partial charge in [0.2, 0.25) is 0 Å². The molecule has 3 rings (SSSR count). The Labute approximate surface area is 103 Å². The Morgan fingerprint density at radius 3 is 2.44 bits per heavy atom. The Hall–Kier alpha value is -0.380. The predicted molar refractivity (Wildman–Crippen MR) is 64.9 cm³/mol. The third-order valence-electron chi connectivity index (χ3n) is 4.40. The van der Waals surface area contributed by atoms with Gasteiger partial charge < -0.3 is 10.2 Å². The van der Waals surface area contributed by atoms with Crippen LogP contribution < -0.4 is 0 Å². The summed E-state index contributed by atoms with van der Waals surface area (Å²) in [4.78, 5) is 0. The van der Waals surface area contributed by atoms with E-state index in [0.29, 0.717) is 11.8 Å². The molecule has 2 aliphatic rings. The molecular formula is C13H15BrO2. The normalized spacial score (nSPS) is 36.5. The minimum atomic E-state index is -1.13. The highest BCUT2D eigenvalue weighted by atomic mass is 79.9. The Bertz CT molecular complexity index is 401. The molecule has 0 heterocycles. The van der Waals surface area contributed by atoms with E-state index in [1.54, 1.807) is 0 Å². The van der Waals surface area contributed by atoms with Crippen molar-refractivity contribution in [2.45, 2.75) is 31.5 Å². The first-order chi connectivity index (χ1) is 7.63. The maximum Gasteiger partial charge on any atom is 0.157 e. The fraction of sp³-hybridized carbons (Fsp3) is 0.538. The van der Waals surface area contributed by atoms with Crippen molar-refractivity contribution in [1.29, 1.82) is 0 Å². The van der Waals surface area contributed by atoms with Crippen LogP contribution in [-0.4, -0.2) is 16.5 Å². The topological polar surface area (TPSA) is 40.5 Å². The lowest BCUT2D eigenvalue weighted by atomic mass is 9.94. The van der Waals surface area contributed by atoms with Gasteiger partial charge in [-0.3, -0.25) is 0 Å². The fourth-order valence-electron chi connectivity index (χ4n) is 3.34. The fourth-order valence-corrected chi connectivity index (χ4v) is 3.61. The maximum absolute atomic E-state index is 9.41. The minimum absolute atomic E-state index is 0.169. The molecule has 0 saturated heterocycles. The van der Waals surface area contributed by atoms with E-state index < -0.39 is 6.29 Å². The molecule has 0 aromatic heterocycles. The highest BCUT2D eigenvalue weighted by molar-refractivity contribution is 9.10. The molecule has 1 aromatic rings. The number of hydrogen-bond acceptors (Lipinski definition) is 2. The van der Waals surface area contributed by atoms with Crippen LogP contribution in [0.5, 0.6) is 0 Å². The zero-order valence-electron chi connectivity index (χ0n) is 8.94. The van der Waals surface area contributed by atoms with E-state index in [-0.39, 0.29) is 5.41 Å². The lowest BCUT2D eigenvalue weighted by molar-refractivity contribution is -0.0977. The number of aliphatic hydroxyl groups is 2. The van der Waals surface area contributed by atoms with Gasteiger partial charge in [0.15, 0.2) is 6.29 Å². The van der Waals surface area contributed by atoms with Crippen LogP contribution in [0.3, 0.4) is 0 Å². The van der Waals surface area contributed by atoms with Crippen molar-refractivity contribution in [3.63, 3.8) is 0 Å². The molecule has 2 aliphatic carbocycles. The summed E-state index contributed by atoms with van der Waals surface area (Å²) in [6.45, 7) is 0. The number of rotatable bonds is 2. The van der Waals surface area contributed by atoms with Crippen molar-refractivity contribution in [3.05, 3.63) is 34.3 Å². The van der Waals surface area contributed by atoms with Gasteiger partial charge in [0.25, 0.3) is 0 Å². The Morgan fingerprint density at radius 2 is 1.94 bits per heavy atom. The largest absolute Gasteiger partial charge is 0.368 e. The van der Waals surface area contributed by atoms with Crippen LogP contribution in [0, 0.1) is 11.3 Å². The van der Waals surface area contributed by atoms with Gasteiger partial charge >= 0.3 is 0 Å². The molecule has 0 radical (unpaired) electrons. The third-order valence-corrected chi connectivity index (χ3v) is 4.93. The number of halogens is 1. The van der Waals surface area contributed by atoms with Gasteiger partial charge in [0.1, 0.15) is 0 Å². The van der Waals surface area contributed by atoms with Crippen LogP contribution in [0.2, 0.25) is 0 Å². The molecule has 16 heavy (non-hydrogen) atoms. The van der Waals surface area contributed by atoms with Crippen molar-refractivity contribution < 1.29 is 10.2 Å². The van der Waals surface area contributed by atoms with Crippen LogP contribution in [-0.2, 0) is 0 Å². The lowest BCUT2D eigenvalue weighted by Crippen LogP contribution is -2.20. The van der Waals surface area contributed by atoms with Crippen LogP contribution in [0.1, 0.15) is 30.7 Å². The molecule has 0 amide bonds. The molecule has 2 nitrogen and oxygen atoms in total. The van der Waals surface area contributed by atoms with E-state index in [1.807, 2.05) is 0 Å². The van der Waals surface area contributed by atoms with Crippen LogP contribution in [0.25, 0.3) is 0 Å². The standard InChI is InChI=1S/C13H15BrO2/c14-9-3-1-8(2-4-9)10-5-6-13(12(15)16)7-11(10)13/h1-4,10-12,15-16H,5-7H2/t10-,11?,13+/m1/s1. The zero-order chi connectivity index (χ0) is 11.3. The van der Waals surface area contributed by atoms with Crippen molar-refractivity contribution >= 4 is 15.9 Å². The average molecular weight is 283 g/mol. The number of hydrogen-bond donors (Lipinski definition) is 2. The summed E-state index contributed by atoms with van der Waals surface area (Å²) in [5, 5.41) is 18.8. The van der Waals surface area contributed by atoms with E-state index in [2.05, 4.69) is 40.2 Å². The Balaban J connectivity index is 1.82. The van der Waals surface area contributed by atoms with Crippen molar-refractivity contribution in [2.75, 3.05) is 0 Å². The second kappa shape index (κ2) is 3.56. The third kappa shape index (κ3) is 1.45. The SMILES string of the molecule is OC(O)[C@]12CC[C@H](c3ccc(Br)cc3)C1C2. The van der Waals surface area contributed by atoms with E-state index in [4.69, 9.17) is 0 Å². The molecule has 1 aromatic carbocycles. The minimum Gasteiger partial charge on any atom is -0.368 e. The molecule has 3 heteroatoms. The van der Waals surface area contributed by atoms with Crippen molar-refractivity contribution in [1.82, 2.24) is 0 Å². The van der Waals surface area contributed by atoms with Crippen LogP contribution in [0.4, 0.5) is 0 Å². The van der Waals surface area contributed by atoms with Gasteiger partial charge in [0.05, 0.1) is 0 Å². The van der Waals surface area contributed by atoms with Gasteiger partial charge in [0, 0.05) is 9.89 Å². The molecule has 2 N–H and O–H groups in total. The summed E-state index contributed by atoms with van der Waals surface area (Å²) in [6.07, 6.45) is 1.89. The maximum atomic E-state index is 9.41. The molecule has 2 saturated carbocycles. The monoisotopic (exact) mass is 282 g/mol. The van der Waals surface area contributed by atoms with E-state index >= 15 is 0 Å². The molecular weight excluding hydrogens is 268 g/mol. The van der Waals surface area contributed by atoms with Crippen LogP contribution in [0.15, 0.2) is 28.7 Å². The highest BCUT2D eigenvalue weighted by Crippen LogP contribution is 2.70. The molecule has 2 fully saturated rings. The van der Waals surface area contributed by atoms with E-state index in [0.717, 1.165) is 23.7 Å². The summed E-state index contributed by atoms with van der Waals surface area (Å²) < 4.78 is 1.10. The lowest BCUT2D eigenvalue weighted by Gasteiger charge is -2.13. The summed E-state index contributed by atoms with van der Waals surface area (Å²) >= 11 is 3.43. The quantitative estimate of drug-likeness (QED) is 0.819. The van der Waals surface area contributed by atoms with Gasteiger partial charge in [-0.15, -0.1) is 0 Å². The van der Waals surface area contributed by atoms with Crippen molar-refractivity contribution in [2.24, 2.45) is 11.3 Å². The second-order valence-electron chi connectivity index (χ2n) is 5.11. The molecule has 0 spiro atoms. The smallest absolute Gasteiger partial charge is 0.157 e. The molecule has 0 bridgehead atoms.